The van der Waals surface area contributed by atoms with E-state index >= 15 is 0 Å². The number of halogens is 4. The summed E-state index contributed by atoms with van der Waals surface area (Å²) in [5.41, 5.74) is 1.55. The van der Waals surface area contributed by atoms with Crippen LogP contribution in [0.5, 0.6) is 0 Å². The zero-order chi connectivity index (χ0) is 19.6. The monoisotopic (exact) mass is 524 g/mol. The zero-order valence-corrected chi connectivity index (χ0v) is 18.1. The van der Waals surface area contributed by atoms with Crippen molar-refractivity contribution in [2.24, 2.45) is 4.99 Å². The summed E-state index contributed by atoms with van der Waals surface area (Å²) in [6, 6.07) is 6.94. The van der Waals surface area contributed by atoms with Gasteiger partial charge < -0.3 is 15.4 Å². The molecule has 27 heavy (non-hydrogen) atoms. The molecular formula is C15H24F3IN4O3S. The van der Waals surface area contributed by atoms with Crippen LogP contribution >= 0.6 is 24.0 Å². The zero-order valence-electron chi connectivity index (χ0n) is 15.0. The van der Waals surface area contributed by atoms with E-state index in [4.69, 9.17) is 0 Å². The van der Waals surface area contributed by atoms with Crippen molar-refractivity contribution in [1.29, 1.82) is 0 Å². The molecule has 1 aromatic carbocycles. The highest BCUT2D eigenvalue weighted by atomic mass is 127. The Morgan fingerprint density at radius 3 is 2.22 bits per heavy atom. The maximum absolute atomic E-state index is 12.0. The first kappa shape index (κ1) is 25.9. The van der Waals surface area contributed by atoms with Gasteiger partial charge in [-0.2, -0.15) is 13.2 Å². The van der Waals surface area contributed by atoms with Crippen LogP contribution in [0.4, 0.5) is 13.2 Å². The molecule has 0 aliphatic heterocycles. The van der Waals surface area contributed by atoms with Crippen molar-refractivity contribution in [3.05, 3.63) is 35.4 Å². The number of nitrogens with zero attached hydrogens (tertiary/aromatic N) is 1. The lowest BCUT2D eigenvalue weighted by atomic mass is 10.1. The van der Waals surface area contributed by atoms with Gasteiger partial charge in [0.15, 0.2) is 5.96 Å². The van der Waals surface area contributed by atoms with Gasteiger partial charge in [-0.05, 0) is 11.1 Å². The highest BCUT2D eigenvalue weighted by Crippen LogP contribution is 2.15. The molecule has 0 saturated carbocycles. The molecule has 1 aromatic rings. The van der Waals surface area contributed by atoms with Crippen LogP contribution in [0.25, 0.3) is 0 Å². The Morgan fingerprint density at radius 2 is 1.70 bits per heavy atom. The van der Waals surface area contributed by atoms with Gasteiger partial charge in [-0.15, -0.1) is 24.0 Å². The van der Waals surface area contributed by atoms with E-state index < -0.39 is 22.8 Å². The van der Waals surface area contributed by atoms with Crippen molar-refractivity contribution in [2.45, 2.75) is 19.3 Å². The number of nitrogens with one attached hydrogen (secondary N) is 3. The summed E-state index contributed by atoms with van der Waals surface area (Å²) in [4.78, 5) is 4.01. The fourth-order valence-electron chi connectivity index (χ4n) is 1.86. The quantitative estimate of drug-likeness (QED) is 0.198. The van der Waals surface area contributed by atoms with E-state index in [1.807, 2.05) is 0 Å². The lowest BCUT2D eigenvalue weighted by Crippen LogP contribution is -2.41. The SMILES string of the molecule is CN=C(NCCNS(C)(=O)=O)NCc1ccc(COCC(F)(F)F)cc1.I. The van der Waals surface area contributed by atoms with Crippen molar-refractivity contribution in [1.82, 2.24) is 15.4 Å². The molecule has 0 saturated heterocycles. The van der Waals surface area contributed by atoms with E-state index in [-0.39, 0.29) is 37.1 Å². The molecule has 156 valence electrons. The third-order valence-corrected chi connectivity index (χ3v) is 3.75. The van der Waals surface area contributed by atoms with Crippen molar-refractivity contribution in [3.63, 3.8) is 0 Å². The average Bonchev–Trinajstić information content (AvgIpc) is 2.53. The summed E-state index contributed by atoms with van der Waals surface area (Å²) >= 11 is 0. The Hall–Kier alpha value is -1.12. The fourth-order valence-corrected chi connectivity index (χ4v) is 2.33. The summed E-state index contributed by atoms with van der Waals surface area (Å²) in [7, 11) is -1.64. The first-order valence-corrected chi connectivity index (χ1v) is 9.59. The minimum absolute atomic E-state index is 0. The normalized spacial score (nSPS) is 12.4. The molecule has 0 radical (unpaired) electrons. The number of hydrogen-bond acceptors (Lipinski definition) is 4. The molecule has 0 fully saturated rings. The summed E-state index contributed by atoms with van der Waals surface area (Å²) in [6.45, 7) is -0.340. The highest BCUT2D eigenvalue weighted by Gasteiger charge is 2.27. The summed E-state index contributed by atoms with van der Waals surface area (Å²) in [5.74, 6) is 0.498. The van der Waals surface area contributed by atoms with Gasteiger partial charge in [-0.25, -0.2) is 13.1 Å². The molecule has 12 heteroatoms. The lowest BCUT2D eigenvalue weighted by Gasteiger charge is -2.12. The first-order chi connectivity index (χ1) is 12.1. The number of hydrogen-bond donors (Lipinski definition) is 3. The molecule has 1 rings (SSSR count). The topological polar surface area (TPSA) is 91.8 Å². The van der Waals surface area contributed by atoms with Crippen LogP contribution in [0.15, 0.2) is 29.3 Å². The van der Waals surface area contributed by atoms with Gasteiger partial charge >= 0.3 is 6.18 Å². The number of guanidine groups is 1. The molecule has 0 heterocycles. The van der Waals surface area contributed by atoms with Gasteiger partial charge in [0, 0.05) is 26.7 Å². The van der Waals surface area contributed by atoms with Crippen LogP contribution in [0.1, 0.15) is 11.1 Å². The molecule has 0 aliphatic carbocycles. The van der Waals surface area contributed by atoms with Gasteiger partial charge in [0.05, 0.1) is 12.9 Å². The Labute approximate surface area is 174 Å². The Morgan fingerprint density at radius 1 is 1.11 bits per heavy atom. The smallest absolute Gasteiger partial charge is 0.367 e. The molecule has 0 bridgehead atoms. The van der Waals surface area contributed by atoms with Gasteiger partial charge in [0.25, 0.3) is 0 Å². The van der Waals surface area contributed by atoms with E-state index in [9.17, 15) is 21.6 Å². The maximum Gasteiger partial charge on any atom is 0.411 e. The molecule has 0 unspecified atom stereocenters. The van der Waals surface area contributed by atoms with Gasteiger partial charge in [0.1, 0.15) is 6.61 Å². The van der Waals surface area contributed by atoms with E-state index in [0.29, 0.717) is 24.6 Å². The molecule has 3 N–H and O–H groups in total. The second-order valence-electron chi connectivity index (χ2n) is 5.44. The van der Waals surface area contributed by atoms with Crippen molar-refractivity contribution < 1.29 is 26.3 Å². The largest absolute Gasteiger partial charge is 0.411 e. The Balaban J connectivity index is 0.00000676. The van der Waals surface area contributed by atoms with E-state index in [0.717, 1.165) is 11.8 Å². The summed E-state index contributed by atoms with van der Waals surface area (Å²) < 4.78 is 64.9. The molecule has 0 aromatic heterocycles. The van der Waals surface area contributed by atoms with Gasteiger partial charge in [-0.3, -0.25) is 4.99 Å². The third-order valence-electron chi connectivity index (χ3n) is 3.02. The van der Waals surface area contributed by atoms with Crippen molar-refractivity contribution >= 4 is 40.0 Å². The predicted octanol–water partition coefficient (Wildman–Crippen LogP) is 1.60. The standard InChI is InChI=1S/C15H23F3N4O3S.HI/c1-19-14(20-7-8-22-26(2,23)24)21-9-12-3-5-13(6-4-12)10-25-11-15(16,17)18;/h3-6,22H,7-11H2,1-2H3,(H2,19,20,21);1H. The number of benzene rings is 1. The molecule has 0 aliphatic rings. The minimum atomic E-state index is -4.33. The Kier molecular flexibility index (Phi) is 11.8. The molecule has 0 spiro atoms. The number of sulfonamides is 1. The van der Waals surface area contributed by atoms with Crippen LogP contribution in [0.2, 0.25) is 0 Å². The third kappa shape index (κ3) is 13.7. The van der Waals surface area contributed by atoms with Crippen LogP contribution in [-0.2, 0) is 27.9 Å². The highest BCUT2D eigenvalue weighted by molar-refractivity contribution is 14.0. The van der Waals surface area contributed by atoms with Crippen molar-refractivity contribution in [2.75, 3.05) is 33.0 Å². The fraction of sp³-hybridized carbons (Fsp3) is 0.533. The van der Waals surface area contributed by atoms with Crippen molar-refractivity contribution in [3.8, 4) is 0 Å². The summed E-state index contributed by atoms with van der Waals surface area (Å²) in [5, 5.41) is 6.00. The molecule has 0 amide bonds. The Bertz CT molecular complexity index is 683. The molecule has 7 nitrogen and oxygen atoms in total. The number of ether oxygens (including phenoxy) is 1. The second-order valence-corrected chi connectivity index (χ2v) is 7.28. The van der Waals surface area contributed by atoms with Gasteiger partial charge in [-0.1, -0.05) is 24.3 Å². The number of aliphatic imine (C=N–C) groups is 1. The van der Waals surface area contributed by atoms with Crippen LogP contribution < -0.4 is 15.4 Å². The van der Waals surface area contributed by atoms with Crippen LogP contribution in [0.3, 0.4) is 0 Å². The predicted molar refractivity (Wildman–Crippen MR) is 109 cm³/mol. The van der Waals surface area contributed by atoms with E-state index in [1.165, 1.54) is 0 Å². The number of rotatable bonds is 9. The van der Waals surface area contributed by atoms with E-state index in [1.54, 1.807) is 31.3 Å². The second kappa shape index (κ2) is 12.4. The number of alkyl halides is 3. The van der Waals surface area contributed by atoms with Crippen LogP contribution in [-0.4, -0.2) is 53.6 Å². The first-order valence-electron chi connectivity index (χ1n) is 7.70. The van der Waals surface area contributed by atoms with Crippen LogP contribution in [0, 0.1) is 0 Å². The minimum Gasteiger partial charge on any atom is -0.367 e. The maximum atomic E-state index is 12.0. The van der Waals surface area contributed by atoms with Gasteiger partial charge in [0.2, 0.25) is 10.0 Å². The molecule has 0 atom stereocenters. The lowest BCUT2D eigenvalue weighted by molar-refractivity contribution is -0.176. The molecular weight excluding hydrogens is 500 g/mol. The van der Waals surface area contributed by atoms with E-state index in [2.05, 4.69) is 25.1 Å². The average molecular weight is 524 g/mol. The summed E-state index contributed by atoms with van der Waals surface area (Å²) in [6.07, 6.45) is -3.25.